The predicted molar refractivity (Wildman–Crippen MR) is 139 cm³/mol. The molecular formula is C26H27N5O2S. The molecule has 0 saturated carbocycles. The van der Waals surface area contributed by atoms with Gasteiger partial charge < -0.3 is 20.7 Å². The van der Waals surface area contributed by atoms with E-state index in [0.29, 0.717) is 18.2 Å². The lowest BCUT2D eigenvalue weighted by Gasteiger charge is -2.11. The summed E-state index contributed by atoms with van der Waals surface area (Å²) in [7, 11) is 1.64. The third-order valence-corrected chi connectivity index (χ3v) is 6.27. The number of ether oxygens (including phenoxy) is 1. The number of hydrogen-bond acceptors (Lipinski definition) is 7. The summed E-state index contributed by atoms with van der Waals surface area (Å²) in [6.07, 6.45) is 1.22. The zero-order chi connectivity index (χ0) is 23.9. The largest absolute Gasteiger partial charge is 0.497 e. The molecule has 0 aliphatic rings. The van der Waals surface area contributed by atoms with Gasteiger partial charge in [-0.15, -0.1) is 11.3 Å². The van der Waals surface area contributed by atoms with Crippen molar-refractivity contribution in [2.45, 2.75) is 26.7 Å². The highest BCUT2D eigenvalue weighted by molar-refractivity contribution is 7.10. The van der Waals surface area contributed by atoms with E-state index in [1.54, 1.807) is 18.4 Å². The van der Waals surface area contributed by atoms with E-state index < -0.39 is 0 Å². The van der Waals surface area contributed by atoms with Crippen LogP contribution >= 0.6 is 11.3 Å². The molecule has 0 aliphatic heterocycles. The van der Waals surface area contributed by atoms with Gasteiger partial charge >= 0.3 is 0 Å². The maximum atomic E-state index is 12.3. The van der Waals surface area contributed by atoms with Gasteiger partial charge in [-0.25, -0.2) is 4.98 Å². The average molecular weight is 474 g/mol. The molecule has 0 aliphatic carbocycles. The molecule has 0 spiro atoms. The topological polar surface area (TPSA) is 88.2 Å². The van der Waals surface area contributed by atoms with Crippen LogP contribution in [0.2, 0.25) is 0 Å². The monoisotopic (exact) mass is 473 g/mol. The zero-order valence-electron chi connectivity index (χ0n) is 19.4. The minimum absolute atomic E-state index is 0.00442. The van der Waals surface area contributed by atoms with Gasteiger partial charge in [0.05, 0.1) is 7.11 Å². The highest BCUT2D eigenvalue weighted by atomic mass is 32.1. The number of carbonyl (C=O) groups excluding carboxylic acids is 1. The highest BCUT2D eigenvalue weighted by Crippen LogP contribution is 2.22. The molecule has 3 N–H and O–H groups in total. The Hall–Kier alpha value is -3.91. The van der Waals surface area contributed by atoms with Gasteiger partial charge in [0.15, 0.2) is 0 Å². The van der Waals surface area contributed by atoms with Gasteiger partial charge in [0.1, 0.15) is 11.6 Å². The van der Waals surface area contributed by atoms with Crippen molar-refractivity contribution < 1.29 is 9.53 Å². The quantitative estimate of drug-likeness (QED) is 0.267. The lowest BCUT2D eigenvalue weighted by atomic mass is 10.2. The second-order valence-electron chi connectivity index (χ2n) is 7.85. The third kappa shape index (κ3) is 6.32. The Bertz CT molecular complexity index is 1250. The van der Waals surface area contributed by atoms with Crippen LogP contribution in [-0.4, -0.2) is 23.0 Å². The Morgan fingerprint density at radius 3 is 2.26 bits per heavy atom. The van der Waals surface area contributed by atoms with Crippen LogP contribution in [0.1, 0.15) is 22.6 Å². The first kappa shape index (κ1) is 23.3. The summed E-state index contributed by atoms with van der Waals surface area (Å²) in [6.45, 7) is 3.99. The van der Waals surface area contributed by atoms with Gasteiger partial charge in [0.25, 0.3) is 0 Å². The molecule has 0 fully saturated rings. The number of aryl methyl sites for hydroxylation is 3. The van der Waals surface area contributed by atoms with Gasteiger partial charge in [0.2, 0.25) is 11.9 Å². The summed E-state index contributed by atoms with van der Waals surface area (Å²) in [6, 6.07) is 19.1. The number of benzene rings is 2. The van der Waals surface area contributed by atoms with Crippen molar-refractivity contribution in [3.8, 4) is 5.75 Å². The molecule has 4 rings (SSSR count). The van der Waals surface area contributed by atoms with Gasteiger partial charge in [0, 0.05) is 40.1 Å². The molecule has 1 amide bonds. The number of nitrogens with one attached hydrogen (secondary N) is 3. The van der Waals surface area contributed by atoms with E-state index in [4.69, 9.17) is 4.74 Å². The first-order valence-corrected chi connectivity index (χ1v) is 11.8. The third-order valence-electron chi connectivity index (χ3n) is 5.19. The van der Waals surface area contributed by atoms with Crippen LogP contribution in [0.15, 0.2) is 66.0 Å². The van der Waals surface area contributed by atoms with Crippen LogP contribution in [0.25, 0.3) is 0 Å². The number of carbonyl (C=O) groups is 1. The number of nitrogens with zero attached hydrogens (tertiary/aromatic N) is 2. The van der Waals surface area contributed by atoms with Crippen molar-refractivity contribution in [2.24, 2.45) is 0 Å². The molecule has 2 aromatic heterocycles. The van der Waals surface area contributed by atoms with E-state index in [1.165, 1.54) is 10.4 Å². The smallest absolute Gasteiger partial charge is 0.229 e. The number of rotatable bonds is 9. The SMILES string of the molecule is COc1ccc(Nc2cc(C)nc(Nc3ccc(NC(=O)CCc4sccc4C)cc3)n2)cc1. The van der Waals surface area contributed by atoms with E-state index >= 15 is 0 Å². The van der Waals surface area contributed by atoms with Gasteiger partial charge in [-0.3, -0.25) is 4.79 Å². The zero-order valence-corrected chi connectivity index (χ0v) is 20.2. The Kier molecular flexibility index (Phi) is 7.39. The maximum absolute atomic E-state index is 12.3. The van der Waals surface area contributed by atoms with Crippen molar-refractivity contribution in [3.05, 3.63) is 82.2 Å². The van der Waals surface area contributed by atoms with Crippen LogP contribution in [0.4, 0.5) is 28.8 Å². The van der Waals surface area contributed by atoms with Gasteiger partial charge in [-0.1, -0.05) is 0 Å². The van der Waals surface area contributed by atoms with Crippen molar-refractivity contribution >= 4 is 46.1 Å². The number of methoxy groups -OCH3 is 1. The summed E-state index contributed by atoms with van der Waals surface area (Å²) in [5, 5.41) is 11.5. The van der Waals surface area contributed by atoms with Crippen molar-refractivity contribution in [3.63, 3.8) is 0 Å². The summed E-state index contributed by atoms with van der Waals surface area (Å²) >= 11 is 1.69. The molecule has 7 nitrogen and oxygen atoms in total. The second-order valence-corrected chi connectivity index (χ2v) is 8.85. The lowest BCUT2D eigenvalue weighted by Crippen LogP contribution is -2.12. The van der Waals surface area contributed by atoms with Crippen molar-refractivity contribution in [1.82, 2.24) is 9.97 Å². The first-order valence-electron chi connectivity index (χ1n) is 10.9. The molecule has 4 aromatic rings. The molecule has 2 heterocycles. The van der Waals surface area contributed by atoms with E-state index in [-0.39, 0.29) is 5.91 Å². The van der Waals surface area contributed by atoms with E-state index in [0.717, 1.165) is 34.9 Å². The second kappa shape index (κ2) is 10.8. The van der Waals surface area contributed by atoms with Crippen molar-refractivity contribution in [1.29, 1.82) is 0 Å². The number of hydrogen-bond donors (Lipinski definition) is 3. The molecule has 0 saturated heterocycles. The molecule has 174 valence electrons. The van der Waals surface area contributed by atoms with Crippen LogP contribution in [0.5, 0.6) is 5.75 Å². The van der Waals surface area contributed by atoms with Crippen molar-refractivity contribution in [2.75, 3.05) is 23.1 Å². The Morgan fingerprint density at radius 1 is 0.912 bits per heavy atom. The Morgan fingerprint density at radius 2 is 1.59 bits per heavy atom. The molecule has 0 unspecified atom stereocenters. The standard InChI is InChI=1S/C26H27N5O2S/c1-17-14-15-34-23(17)12-13-25(32)29-20-4-6-21(7-5-20)30-26-27-18(2)16-24(31-26)28-19-8-10-22(33-3)11-9-19/h4-11,14-16H,12-13H2,1-3H3,(H,29,32)(H2,27,28,30,31). The highest BCUT2D eigenvalue weighted by Gasteiger charge is 2.07. The van der Waals surface area contributed by atoms with E-state index in [2.05, 4.69) is 44.3 Å². The number of amides is 1. The summed E-state index contributed by atoms with van der Waals surface area (Å²) in [4.78, 5) is 22.6. The van der Waals surface area contributed by atoms with Crippen LogP contribution < -0.4 is 20.7 Å². The molecule has 0 atom stereocenters. The van der Waals surface area contributed by atoms with E-state index in [9.17, 15) is 4.79 Å². The first-order chi connectivity index (χ1) is 16.5. The number of aromatic nitrogens is 2. The number of thiophene rings is 1. The minimum atomic E-state index is 0.00442. The fourth-order valence-electron chi connectivity index (χ4n) is 3.39. The molecule has 2 aromatic carbocycles. The summed E-state index contributed by atoms with van der Waals surface area (Å²) in [5.41, 5.74) is 4.56. The van der Waals surface area contributed by atoms with Crippen LogP contribution in [0, 0.1) is 13.8 Å². The fraction of sp³-hybridized carbons (Fsp3) is 0.192. The molecule has 34 heavy (non-hydrogen) atoms. The Labute approximate surface area is 203 Å². The van der Waals surface area contributed by atoms with Crippen LogP contribution in [-0.2, 0) is 11.2 Å². The minimum Gasteiger partial charge on any atom is -0.497 e. The molecule has 8 heteroatoms. The summed E-state index contributed by atoms with van der Waals surface area (Å²) in [5.74, 6) is 1.97. The average Bonchev–Trinajstić information content (AvgIpc) is 3.24. The normalized spacial score (nSPS) is 10.6. The van der Waals surface area contributed by atoms with Gasteiger partial charge in [-0.05, 0) is 85.8 Å². The molecule has 0 bridgehead atoms. The van der Waals surface area contributed by atoms with E-state index in [1.807, 2.05) is 61.5 Å². The predicted octanol–water partition coefficient (Wildman–Crippen LogP) is 6.22. The molecule has 0 radical (unpaired) electrons. The molecular weight excluding hydrogens is 446 g/mol. The van der Waals surface area contributed by atoms with Gasteiger partial charge in [-0.2, -0.15) is 4.98 Å². The number of anilines is 5. The van der Waals surface area contributed by atoms with Crippen LogP contribution in [0.3, 0.4) is 0 Å². The Balaban J connectivity index is 1.35. The lowest BCUT2D eigenvalue weighted by molar-refractivity contribution is -0.116. The maximum Gasteiger partial charge on any atom is 0.229 e. The summed E-state index contributed by atoms with van der Waals surface area (Å²) < 4.78 is 5.20. The fourth-order valence-corrected chi connectivity index (χ4v) is 4.30.